The molecule has 0 heterocycles. The zero-order valence-electron chi connectivity index (χ0n) is 11.5. The number of hydrogen-bond acceptors (Lipinski definition) is 1. The Hall–Kier alpha value is -1.80. The molecule has 104 valence electrons. The Morgan fingerprint density at radius 2 is 1.75 bits per heavy atom. The lowest BCUT2D eigenvalue weighted by Crippen LogP contribution is -2.24. The summed E-state index contributed by atoms with van der Waals surface area (Å²) in [7, 11) is 0. The Morgan fingerprint density at radius 1 is 1.10 bits per heavy atom. The molecular formula is C17H18ClNO. The predicted molar refractivity (Wildman–Crippen MR) is 82.8 cm³/mol. The van der Waals surface area contributed by atoms with Crippen LogP contribution in [0.15, 0.2) is 54.6 Å². The van der Waals surface area contributed by atoms with E-state index >= 15 is 0 Å². The average Bonchev–Trinajstić information content (AvgIpc) is 2.47. The summed E-state index contributed by atoms with van der Waals surface area (Å²) >= 11 is 6.06. The summed E-state index contributed by atoms with van der Waals surface area (Å²) in [6.07, 6.45) is 0.481. The number of carbonyl (C=O) groups excluding carboxylic acids is 1. The molecule has 0 saturated carbocycles. The van der Waals surface area contributed by atoms with Gasteiger partial charge >= 0.3 is 0 Å². The van der Waals surface area contributed by atoms with Crippen LogP contribution in [0.3, 0.4) is 0 Å². The summed E-state index contributed by atoms with van der Waals surface area (Å²) in [5, 5.41) is 3.60. The van der Waals surface area contributed by atoms with Gasteiger partial charge in [0.25, 0.3) is 0 Å². The van der Waals surface area contributed by atoms with Crippen molar-refractivity contribution in [2.24, 2.45) is 0 Å². The van der Waals surface area contributed by atoms with Gasteiger partial charge in [-0.15, -0.1) is 0 Å². The number of rotatable bonds is 5. The van der Waals surface area contributed by atoms with Crippen LogP contribution in [0.4, 0.5) is 0 Å². The zero-order valence-corrected chi connectivity index (χ0v) is 12.2. The molecule has 1 atom stereocenters. The lowest BCUT2D eigenvalue weighted by Gasteiger charge is -2.12. The molecule has 0 spiro atoms. The van der Waals surface area contributed by atoms with Crippen molar-refractivity contribution in [1.29, 1.82) is 0 Å². The quantitative estimate of drug-likeness (QED) is 0.879. The van der Waals surface area contributed by atoms with Gasteiger partial charge in [0.15, 0.2) is 0 Å². The third-order valence-electron chi connectivity index (χ3n) is 3.29. The Morgan fingerprint density at radius 3 is 2.45 bits per heavy atom. The summed E-state index contributed by atoms with van der Waals surface area (Å²) in [4.78, 5) is 12.0. The highest BCUT2D eigenvalue weighted by atomic mass is 35.5. The summed E-state index contributed by atoms with van der Waals surface area (Å²) < 4.78 is 0. The van der Waals surface area contributed by atoms with Crippen molar-refractivity contribution in [1.82, 2.24) is 5.32 Å². The van der Waals surface area contributed by atoms with Gasteiger partial charge in [-0.05, 0) is 23.1 Å². The molecule has 2 aromatic carbocycles. The second-order valence-corrected chi connectivity index (χ2v) is 5.29. The highest BCUT2D eigenvalue weighted by Crippen LogP contribution is 2.19. The first-order valence-corrected chi connectivity index (χ1v) is 7.09. The molecule has 3 heteroatoms. The van der Waals surface area contributed by atoms with Crippen LogP contribution in [-0.4, -0.2) is 5.91 Å². The van der Waals surface area contributed by atoms with Crippen LogP contribution in [0.1, 0.15) is 30.4 Å². The van der Waals surface area contributed by atoms with Crippen molar-refractivity contribution in [3.05, 3.63) is 70.7 Å². The van der Waals surface area contributed by atoms with E-state index < -0.39 is 0 Å². The topological polar surface area (TPSA) is 29.1 Å². The minimum Gasteiger partial charge on any atom is -0.352 e. The molecule has 0 unspecified atom stereocenters. The highest BCUT2D eigenvalue weighted by molar-refractivity contribution is 6.31. The van der Waals surface area contributed by atoms with Gasteiger partial charge in [0, 0.05) is 18.0 Å². The summed E-state index contributed by atoms with van der Waals surface area (Å²) in [6, 6.07) is 17.6. The first-order chi connectivity index (χ1) is 9.66. The molecule has 0 aliphatic carbocycles. The van der Waals surface area contributed by atoms with Gasteiger partial charge in [0.05, 0.1) is 0 Å². The molecule has 2 rings (SSSR count). The van der Waals surface area contributed by atoms with E-state index in [4.69, 9.17) is 11.6 Å². The lowest BCUT2D eigenvalue weighted by molar-refractivity contribution is -0.121. The summed E-state index contributed by atoms with van der Waals surface area (Å²) in [5.74, 6) is 0.253. The molecule has 0 aliphatic rings. The molecule has 20 heavy (non-hydrogen) atoms. The van der Waals surface area contributed by atoms with E-state index in [1.165, 1.54) is 5.56 Å². The third kappa shape index (κ3) is 4.10. The van der Waals surface area contributed by atoms with Crippen molar-refractivity contribution in [3.8, 4) is 0 Å². The second-order valence-electron chi connectivity index (χ2n) is 4.88. The van der Waals surface area contributed by atoms with E-state index in [1.54, 1.807) is 0 Å². The SMILES string of the molecule is C[C@H](CC(=O)NCc1ccccc1Cl)c1ccccc1. The molecule has 1 N–H and O–H groups in total. The zero-order chi connectivity index (χ0) is 14.4. The monoisotopic (exact) mass is 287 g/mol. The number of benzene rings is 2. The molecule has 2 aromatic rings. The van der Waals surface area contributed by atoms with Gasteiger partial charge in [0.1, 0.15) is 0 Å². The molecule has 0 aromatic heterocycles. The number of amides is 1. The maximum absolute atomic E-state index is 12.0. The van der Waals surface area contributed by atoms with Crippen LogP contribution >= 0.6 is 11.6 Å². The van der Waals surface area contributed by atoms with E-state index in [2.05, 4.69) is 12.2 Å². The highest BCUT2D eigenvalue weighted by Gasteiger charge is 2.11. The van der Waals surface area contributed by atoms with E-state index in [9.17, 15) is 4.79 Å². The number of carbonyl (C=O) groups is 1. The number of nitrogens with one attached hydrogen (secondary N) is 1. The van der Waals surface area contributed by atoms with E-state index in [1.807, 2.05) is 54.6 Å². The average molecular weight is 288 g/mol. The number of halogens is 1. The Labute approximate surface area is 124 Å². The molecular weight excluding hydrogens is 270 g/mol. The van der Waals surface area contributed by atoms with Crippen LogP contribution in [0.25, 0.3) is 0 Å². The van der Waals surface area contributed by atoms with Crippen LogP contribution in [-0.2, 0) is 11.3 Å². The van der Waals surface area contributed by atoms with E-state index in [0.29, 0.717) is 18.0 Å². The van der Waals surface area contributed by atoms with Gasteiger partial charge < -0.3 is 5.32 Å². The Kier molecular flexibility index (Phi) is 5.19. The van der Waals surface area contributed by atoms with Crippen molar-refractivity contribution in [3.63, 3.8) is 0 Å². The van der Waals surface area contributed by atoms with Crippen molar-refractivity contribution >= 4 is 17.5 Å². The molecule has 0 aliphatic heterocycles. The van der Waals surface area contributed by atoms with Crippen molar-refractivity contribution < 1.29 is 4.79 Å². The standard InChI is InChI=1S/C17H18ClNO/c1-13(14-7-3-2-4-8-14)11-17(20)19-12-15-9-5-6-10-16(15)18/h2-10,13H,11-12H2,1H3,(H,19,20)/t13-/m1/s1. The Balaban J connectivity index is 1.86. The maximum atomic E-state index is 12.0. The minimum atomic E-state index is 0.0428. The van der Waals surface area contributed by atoms with Crippen LogP contribution in [0.5, 0.6) is 0 Å². The number of hydrogen-bond donors (Lipinski definition) is 1. The fraction of sp³-hybridized carbons (Fsp3) is 0.235. The summed E-state index contributed by atoms with van der Waals surface area (Å²) in [5.41, 5.74) is 2.12. The molecule has 0 saturated heterocycles. The van der Waals surface area contributed by atoms with Gasteiger partial charge in [0.2, 0.25) is 5.91 Å². The van der Waals surface area contributed by atoms with E-state index in [0.717, 1.165) is 5.56 Å². The molecule has 0 radical (unpaired) electrons. The van der Waals surface area contributed by atoms with Gasteiger partial charge in [-0.2, -0.15) is 0 Å². The normalized spacial score (nSPS) is 11.9. The van der Waals surface area contributed by atoms with E-state index in [-0.39, 0.29) is 11.8 Å². The molecule has 1 amide bonds. The van der Waals surface area contributed by atoms with Gasteiger partial charge in [-0.1, -0.05) is 67.1 Å². The second kappa shape index (κ2) is 7.11. The summed E-state index contributed by atoms with van der Waals surface area (Å²) in [6.45, 7) is 2.53. The Bertz CT molecular complexity index is 568. The third-order valence-corrected chi connectivity index (χ3v) is 3.66. The van der Waals surface area contributed by atoms with Crippen LogP contribution < -0.4 is 5.32 Å². The van der Waals surface area contributed by atoms with Crippen molar-refractivity contribution in [2.75, 3.05) is 0 Å². The molecule has 0 fully saturated rings. The first-order valence-electron chi connectivity index (χ1n) is 6.72. The van der Waals surface area contributed by atoms with Crippen LogP contribution in [0, 0.1) is 0 Å². The maximum Gasteiger partial charge on any atom is 0.220 e. The fourth-order valence-corrected chi connectivity index (χ4v) is 2.29. The lowest BCUT2D eigenvalue weighted by atomic mass is 9.97. The fourth-order valence-electron chi connectivity index (χ4n) is 2.09. The largest absolute Gasteiger partial charge is 0.352 e. The van der Waals surface area contributed by atoms with Crippen molar-refractivity contribution in [2.45, 2.75) is 25.8 Å². The van der Waals surface area contributed by atoms with Gasteiger partial charge in [-0.25, -0.2) is 0 Å². The first kappa shape index (κ1) is 14.6. The molecule has 2 nitrogen and oxygen atoms in total. The predicted octanol–water partition coefficient (Wildman–Crippen LogP) is 4.15. The molecule has 0 bridgehead atoms. The van der Waals surface area contributed by atoms with Gasteiger partial charge in [-0.3, -0.25) is 4.79 Å². The minimum absolute atomic E-state index is 0.0428. The smallest absolute Gasteiger partial charge is 0.220 e. The van der Waals surface area contributed by atoms with Crippen LogP contribution in [0.2, 0.25) is 5.02 Å².